The molecule has 1 aliphatic carbocycles. The van der Waals surface area contributed by atoms with Crippen LogP contribution in [0.5, 0.6) is 11.5 Å². The highest BCUT2D eigenvalue weighted by atomic mass is 19.1. The van der Waals surface area contributed by atoms with Gasteiger partial charge >= 0.3 is 0 Å². The summed E-state index contributed by atoms with van der Waals surface area (Å²) in [4.78, 5) is 29.1. The first-order valence-corrected chi connectivity index (χ1v) is 10.3. The summed E-state index contributed by atoms with van der Waals surface area (Å²) in [6.07, 6.45) is 1.10. The molecule has 156 valence electrons. The number of halogens is 1. The zero-order valence-electron chi connectivity index (χ0n) is 16.6. The average molecular weight is 410 g/mol. The first-order valence-electron chi connectivity index (χ1n) is 10.3. The average Bonchev–Trinajstić information content (AvgIpc) is 3.43. The molecule has 2 heterocycles. The summed E-state index contributed by atoms with van der Waals surface area (Å²) in [5, 5.41) is 0. The zero-order valence-corrected chi connectivity index (χ0v) is 16.6. The summed E-state index contributed by atoms with van der Waals surface area (Å²) in [6.45, 7) is 2.42. The van der Waals surface area contributed by atoms with Gasteiger partial charge < -0.3 is 19.3 Å². The second-order valence-electron chi connectivity index (χ2n) is 8.07. The summed E-state index contributed by atoms with van der Waals surface area (Å²) >= 11 is 0. The number of hydrogen-bond donors (Lipinski definition) is 0. The summed E-state index contributed by atoms with van der Waals surface area (Å²) < 4.78 is 23.8. The lowest BCUT2D eigenvalue weighted by atomic mass is 10.1. The van der Waals surface area contributed by atoms with Crippen molar-refractivity contribution in [3.63, 3.8) is 0 Å². The lowest BCUT2D eigenvalue weighted by Crippen LogP contribution is -2.51. The maximum atomic E-state index is 13.0. The van der Waals surface area contributed by atoms with Gasteiger partial charge in [-0.25, -0.2) is 4.39 Å². The molecule has 2 amide bonds. The van der Waals surface area contributed by atoms with Crippen LogP contribution in [0.25, 0.3) is 0 Å². The number of hydrogen-bond acceptors (Lipinski definition) is 4. The normalized spacial score (nSPS) is 22.2. The molecule has 0 radical (unpaired) electrons. The van der Waals surface area contributed by atoms with Gasteiger partial charge in [0.05, 0.1) is 6.42 Å². The van der Waals surface area contributed by atoms with Gasteiger partial charge in [-0.15, -0.1) is 0 Å². The van der Waals surface area contributed by atoms with E-state index in [2.05, 4.69) is 0 Å². The van der Waals surface area contributed by atoms with Crippen molar-refractivity contribution in [3.05, 3.63) is 59.4 Å². The summed E-state index contributed by atoms with van der Waals surface area (Å²) in [6, 6.07) is 11.9. The van der Waals surface area contributed by atoms with Crippen LogP contribution in [0.15, 0.2) is 42.5 Å². The molecule has 6 nitrogen and oxygen atoms in total. The van der Waals surface area contributed by atoms with Gasteiger partial charge in [0.25, 0.3) is 0 Å². The van der Waals surface area contributed by atoms with E-state index >= 15 is 0 Å². The van der Waals surface area contributed by atoms with Gasteiger partial charge in [-0.2, -0.15) is 0 Å². The molecule has 2 aromatic rings. The fourth-order valence-electron chi connectivity index (χ4n) is 4.28. The molecule has 0 spiro atoms. The minimum atomic E-state index is -0.308. The van der Waals surface area contributed by atoms with Crippen molar-refractivity contribution in [3.8, 4) is 11.5 Å². The Kier molecular flexibility index (Phi) is 4.81. The molecular formula is C23H23FN2O4. The van der Waals surface area contributed by atoms with Gasteiger partial charge in [0.15, 0.2) is 11.5 Å². The Morgan fingerprint density at radius 1 is 0.933 bits per heavy atom. The number of amides is 2. The van der Waals surface area contributed by atoms with E-state index in [1.165, 1.54) is 12.1 Å². The second kappa shape index (κ2) is 7.63. The molecule has 0 N–H and O–H groups in total. The SMILES string of the molecule is O=C(Cc1ccc(F)cc1)N1CCN(C(=O)C2CC2c2ccc3c(c2)OCO3)CC1. The number of carbonyl (C=O) groups is 2. The number of ether oxygens (including phenoxy) is 2. The highest BCUT2D eigenvalue weighted by Crippen LogP contribution is 2.50. The van der Waals surface area contributed by atoms with Gasteiger partial charge in [-0.3, -0.25) is 9.59 Å². The predicted molar refractivity (Wildman–Crippen MR) is 107 cm³/mol. The Morgan fingerprint density at radius 3 is 2.40 bits per heavy atom. The molecule has 30 heavy (non-hydrogen) atoms. The minimum Gasteiger partial charge on any atom is -0.454 e. The van der Waals surface area contributed by atoms with E-state index in [0.717, 1.165) is 29.0 Å². The van der Waals surface area contributed by atoms with E-state index < -0.39 is 0 Å². The molecule has 5 rings (SSSR count). The van der Waals surface area contributed by atoms with E-state index in [1.54, 1.807) is 17.0 Å². The van der Waals surface area contributed by atoms with Crippen LogP contribution in [0.2, 0.25) is 0 Å². The van der Waals surface area contributed by atoms with Gasteiger partial charge in [0.2, 0.25) is 18.6 Å². The van der Waals surface area contributed by atoms with Gasteiger partial charge in [-0.05, 0) is 47.7 Å². The van der Waals surface area contributed by atoms with E-state index in [0.29, 0.717) is 26.2 Å². The number of fused-ring (bicyclic) bond motifs is 1. The lowest BCUT2D eigenvalue weighted by Gasteiger charge is -2.35. The van der Waals surface area contributed by atoms with Crippen molar-refractivity contribution in [2.24, 2.45) is 5.92 Å². The van der Waals surface area contributed by atoms with Crippen molar-refractivity contribution in [2.75, 3.05) is 33.0 Å². The molecule has 1 saturated carbocycles. The van der Waals surface area contributed by atoms with E-state index in [4.69, 9.17) is 9.47 Å². The molecular weight excluding hydrogens is 387 g/mol. The van der Waals surface area contributed by atoms with Gasteiger partial charge in [0, 0.05) is 32.1 Å². The molecule has 2 aliphatic heterocycles. The first kappa shape index (κ1) is 18.9. The van der Waals surface area contributed by atoms with E-state index in [-0.39, 0.29) is 42.7 Å². The highest BCUT2D eigenvalue weighted by Gasteiger charge is 2.46. The number of nitrogens with zero attached hydrogens (tertiary/aromatic N) is 2. The van der Waals surface area contributed by atoms with Crippen LogP contribution >= 0.6 is 0 Å². The predicted octanol–water partition coefficient (Wildman–Crippen LogP) is 2.57. The Bertz CT molecular complexity index is 970. The molecule has 1 saturated heterocycles. The molecule has 3 aliphatic rings. The van der Waals surface area contributed by atoms with Crippen LogP contribution in [0.4, 0.5) is 4.39 Å². The third kappa shape index (κ3) is 3.72. The second-order valence-corrected chi connectivity index (χ2v) is 8.07. The Balaban J connectivity index is 1.13. The molecule has 7 heteroatoms. The van der Waals surface area contributed by atoms with Gasteiger partial charge in [0.1, 0.15) is 5.82 Å². The molecule has 2 unspecified atom stereocenters. The van der Waals surface area contributed by atoms with Crippen LogP contribution in [0.1, 0.15) is 23.5 Å². The minimum absolute atomic E-state index is 0.00633. The van der Waals surface area contributed by atoms with E-state index in [1.807, 2.05) is 23.1 Å². The van der Waals surface area contributed by atoms with Crippen molar-refractivity contribution in [1.29, 1.82) is 0 Å². The molecule has 0 aromatic heterocycles. The van der Waals surface area contributed by atoms with E-state index in [9.17, 15) is 14.0 Å². The lowest BCUT2D eigenvalue weighted by molar-refractivity contribution is -0.140. The van der Waals surface area contributed by atoms with Crippen molar-refractivity contribution < 1.29 is 23.5 Å². The Morgan fingerprint density at radius 2 is 1.63 bits per heavy atom. The molecule has 2 aromatic carbocycles. The Hall–Kier alpha value is -3.09. The third-order valence-electron chi connectivity index (χ3n) is 6.15. The quantitative estimate of drug-likeness (QED) is 0.778. The standard InChI is InChI=1S/C23H23FN2O4/c24-17-4-1-15(2-5-17)11-22(27)25-7-9-26(10-8-25)23(28)19-13-18(19)16-3-6-20-21(12-16)30-14-29-20/h1-6,12,18-19H,7-11,13-14H2. The van der Waals surface area contributed by atoms with Crippen LogP contribution in [0, 0.1) is 11.7 Å². The maximum Gasteiger partial charge on any atom is 0.231 e. The maximum absolute atomic E-state index is 13.0. The Labute approximate surface area is 174 Å². The van der Waals surface area contributed by atoms with Crippen LogP contribution in [0.3, 0.4) is 0 Å². The smallest absolute Gasteiger partial charge is 0.231 e. The molecule has 2 atom stereocenters. The van der Waals surface area contributed by atoms with Crippen LogP contribution in [-0.4, -0.2) is 54.6 Å². The summed E-state index contributed by atoms with van der Waals surface area (Å²) in [5.41, 5.74) is 1.91. The summed E-state index contributed by atoms with van der Waals surface area (Å²) in [7, 11) is 0. The van der Waals surface area contributed by atoms with Gasteiger partial charge in [-0.1, -0.05) is 18.2 Å². The number of carbonyl (C=O) groups excluding carboxylic acids is 2. The van der Waals surface area contributed by atoms with Crippen LogP contribution < -0.4 is 9.47 Å². The highest BCUT2D eigenvalue weighted by molar-refractivity contribution is 5.84. The topological polar surface area (TPSA) is 59.1 Å². The number of rotatable bonds is 4. The fraction of sp³-hybridized carbons (Fsp3) is 0.391. The number of benzene rings is 2. The molecule has 0 bridgehead atoms. The third-order valence-corrected chi connectivity index (χ3v) is 6.15. The van der Waals surface area contributed by atoms with Crippen LogP contribution in [-0.2, 0) is 16.0 Å². The zero-order chi connectivity index (χ0) is 20.7. The first-order chi connectivity index (χ1) is 14.6. The van der Waals surface area contributed by atoms with Crippen molar-refractivity contribution in [2.45, 2.75) is 18.8 Å². The summed E-state index contributed by atoms with van der Waals surface area (Å²) in [5.74, 6) is 1.61. The van der Waals surface area contributed by atoms with Crippen molar-refractivity contribution in [1.82, 2.24) is 9.80 Å². The largest absolute Gasteiger partial charge is 0.454 e. The fourth-order valence-corrected chi connectivity index (χ4v) is 4.28. The van der Waals surface area contributed by atoms with Crippen molar-refractivity contribution >= 4 is 11.8 Å². The number of piperazine rings is 1. The monoisotopic (exact) mass is 410 g/mol. The molecule has 2 fully saturated rings.